The van der Waals surface area contributed by atoms with Gasteiger partial charge in [0.05, 0.1) is 5.75 Å². The molecule has 1 aliphatic heterocycles. The van der Waals surface area contributed by atoms with Crippen LogP contribution in [0, 0.1) is 0 Å². The molecule has 1 heterocycles. The maximum atomic E-state index is 12.1. The summed E-state index contributed by atoms with van der Waals surface area (Å²) < 4.78 is 26.0. The predicted molar refractivity (Wildman–Crippen MR) is 64.8 cm³/mol. The van der Waals surface area contributed by atoms with Crippen molar-refractivity contribution in [1.29, 1.82) is 0 Å². The maximum Gasteiger partial charge on any atom is 0.215 e. The minimum Gasteiger partial charge on any atom is -0.313 e. The summed E-state index contributed by atoms with van der Waals surface area (Å²) in [5.74, 6) is 0.243. The Kier molecular flexibility index (Phi) is 3.29. The van der Waals surface area contributed by atoms with Crippen molar-refractivity contribution in [3.05, 3.63) is 0 Å². The number of hydrogen-bond acceptors (Lipinski definition) is 3. The first-order chi connectivity index (χ1) is 7.42. The van der Waals surface area contributed by atoms with Gasteiger partial charge in [0.25, 0.3) is 0 Å². The zero-order chi connectivity index (χ0) is 11.8. The van der Waals surface area contributed by atoms with E-state index in [1.807, 2.05) is 13.8 Å². The van der Waals surface area contributed by atoms with Gasteiger partial charge in [0.1, 0.15) is 0 Å². The van der Waals surface area contributed by atoms with E-state index in [1.165, 1.54) is 12.8 Å². The number of nitrogens with zero attached hydrogens (tertiary/aromatic N) is 1. The second kappa shape index (κ2) is 4.27. The molecule has 0 spiro atoms. The third-order valence-electron chi connectivity index (χ3n) is 3.53. The summed E-state index contributed by atoms with van der Waals surface area (Å²) in [6.45, 7) is 5.33. The zero-order valence-corrected chi connectivity index (χ0v) is 11.0. The van der Waals surface area contributed by atoms with E-state index in [0.717, 1.165) is 12.8 Å². The first kappa shape index (κ1) is 12.3. The van der Waals surface area contributed by atoms with Crippen molar-refractivity contribution < 1.29 is 8.42 Å². The lowest BCUT2D eigenvalue weighted by atomic mass is 10.0. The third kappa shape index (κ3) is 2.76. The van der Waals surface area contributed by atoms with Crippen molar-refractivity contribution in [2.24, 2.45) is 0 Å². The van der Waals surface area contributed by atoms with E-state index in [0.29, 0.717) is 19.1 Å². The van der Waals surface area contributed by atoms with Crippen LogP contribution < -0.4 is 5.32 Å². The van der Waals surface area contributed by atoms with Crippen LogP contribution in [0.15, 0.2) is 0 Å². The van der Waals surface area contributed by atoms with Crippen LogP contribution in [0.1, 0.15) is 39.5 Å². The molecule has 16 heavy (non-hydrogen) atoms. The van der Waals surface area contributed by atoms with Gasteiger partial charge in [-0.3, -0.25) is 0 Å². The molecule has 0 unspecified atom stereocenters. The zero-order valence-electron chi connectivity index (χ0n) is 10.2. The largest absolute Gasteiger partial charge is 0.313 e. The van der Waals surface area contributed by atoms with Gasteiger partial charge in [0.2, 0.25) is 10.0 Å². The van der Waals surface area contributed by atoms with Gasteiger partial charge in [0.15, 0.2) is 0 Å². The molecular weight excluding hydrogens is 224 g/mol. The number of hydrogen-bond donors (Lipinski definition) is 1. The van der Waals surface area contributed by atoms with Crippen LogP contribution in [-0.4, -0.2) is 43.1 Å². The Labute approximate surface area is 98.4 Å². The van der Waals surface area contributed by atoms with Gasteiger partial charge in [-0.25, -0.2) is 8.42 Å². The molecular formula is C11H22N2O2S. The van der Waals surface area contributed by atoms with Crippen molar-refractivity contribution in [3.63, 3.8) is 0 Å². The average Bonchev–Trinajstić information content (AvgIpc) is 2.89. The lowest BCUT2D eigenvalue weighted by Crippen LogP contribution is -2.45. The number of rotatable bonds is 5. The molecule has 0 aromatic rings. The van der Waals surface area contributed by atoms with E-state index in [-0.39, 0.29) is 11.3 Å². The van der Waals surface area contributed by atoms with Crippen LogP contribution in [-0.2, 0) is 10.0 Å². The van der Waals surface area contributed by atoms with E-state index in [4.69, 9.17) is 0 Å². The molecule has 0 aromatic carbocycles. The average molecular weight is 246 g/mol. The van der Waals surface area contributed by atoms with E-state index >= 15 is 0 Å². The molecule has 2 fully saturated rings. The molecule has 1 N–H and O–H groups in total. The smallest absolute Gasteiger partial charge is 0.215 e. The first-order valence-electron chi connectivity index (χ1n) is 6.16. The Bertz CT molecular complexity index is 347. The van der Waals surface area contributed by atoms with Crippen molar-refractivity contribution in [2.75, 3.05) is 18.8 Å². The Hall–Kier alpha value is -0.130. The highest BCUT2D eigenvalue weighted by Crippen LogP contribution is 2.31. The van der Waals surface area contributed by atoms with Gasteiger partial charge in [-0.05, 0) is 39.5 Å². The fraction of sp³-hybridized carbons (Fsp3) is 1.00. The Balaban J connectivity index is 1.89. The van der Waals surface area contributed by atoms with Gasteiger partial charge >= 0.3 is 0 Å². The molecule has 94 valence electrons. The standard InChI is InChI=1S/C11H22N2O2S/c1-11(2)6-3-8-13(11)16(14,15)9-7-12-10-4-5-10/h10,12H,3-9H2,1-2H3. The quantitative estimate of drug-likeness (QED) is 0.785. The van der Waals surface area contributed by atoms with E-state index in [1.54, 1.807) is 4.31 Å². The summed E-state index contributed by atoms with van der Waals surface area (Å²) in [7, 11) is -3.06. The highest BCUT2D eigenvalue weighted by atomic mass is 32.2. The number of sulfonamides is 1. The number of nitrogens with one attached hydrogen (secondary N) is 1. The molecule has 2 rings (SSSR count). The van der Waals surface area contributed by atoms with Crippen molar-refractivity contribution in [1.82, 2.24) is 9.62 Å². The molecule has 1 aliphatic carbocycles. The SMILES string of the molecule is CC1(C)CCCN1S(=O)(=O)CCNC1CC1. The van der Waals surface area contributed by atoms with E-state index < -0.39 is 10.0 Å². The van der Waals surface area contributed by atoms with Gasteiger partial charge in [-0.2, -0.15) is 4.31 Å². The van der Waals surface area contributed by atoms with Gasteiger partial charge in [-0.1, -0.05) is 0 Å². The van der Waals surface area contributed by atoms with E-state index in [2.05, 4.69) is 5.32 Å². The lowest BCUT2D eigenvalue weighted by Gasteiger charge is -2.30. The minimum atomic E-state index is -3.06. The van der Waals surface area contributed by atoms with Crippen LogP contribution in [0.3, 0.4) is 0 Å². The summed E-state index contributed by atoms with van der Waals surface area (Å²) in [4.78, 5) is 0. The summed E-state index contributed by atoms with van der Waals surface area (Å²) in [5.41, 5.74) is -0.182. The van der Waals surface area contributed by atoms with Crippen LogP contribution >= 0.6 is 0 Å². The highest BCUT2D eigenvalue weighted by Gasteiger charge is 2.39. The third-order valence-corrected chi connectivity index (χ3v) is 5.60. The highest BCUT2D eigenvalue weighted by molar-refractivity contribution is 7.89. The fourth-order valence-corrected chi connectivity index (χ4v) is 4.24. The molecule has 0 amide bonds. The monoisotopic (exact) mass is 246 g/mol. The molecule has 1 saturated carbocycles. The van der Waals surface area contributed by atoms with Crippen LogP contribution in [0.4, 0.5) is 0 Å². The van der Waals surface area contributed by atoms with Crippen LogP contribution in [0.25, 0.3) is 0 Å². The molecule has 0 aromatic heterocycles. The molecule has 1 saturated heterocycles. The summed E-state index contributed by atoms with van der Waals surface area (Å²) in [6, 6.07) is 0.585. The van der Waals surface area contributed by atoms with Crippen molar-refractivity contribution in [2.45, 2.75) is 51.1 Å². The van der Waals surface area contributed by atoms with Crippen LogP contribution in [0.5, 0.6) is 0 Å². The van der Waals surface area contributed by atoms with Crippen molar-refractivity contribution in [3.8, 4) is 0 Å². The normalized spacial score (nSPS) is 26.1. The molecule has 0 radical (unpaired) electrons. The van der Waals surface area contributed by atoms with Crippen molar-refractivity contribution >= 4 is 10.0 Å². The molecule has 0 bridgehead atoms. The first-order valence-corrected chi connectivity index (χ1v) is 7.77. The summed E-state index contributed by atoms with van der Waals surface area (Å²) >= 11 is 0. The van der Waals surface area contributed by atoms with E-state index in [9.17, 15) is 8.42 Å². The molecule has 2 aliphatic rings. The predicted octanol–water partition coefficient (Wildman–Crippen LogP) is 0.943. The Morgan fingerprint density at radius 2 is 2.06 bits per heavy atom. The summed E-state index contributed by atoms with van der Waals surface area (Å²) in [6.07, 6.45) is 4.37. The Morgan fingerprint density at radius 1 is 1.38 bits per heavy atom. The van der Waals surface area contributed by atoms with Gasteiger partial charge in [-0.15, -0.1) is 0 Å². The second-order valence-electron chi connectivity index (χ2n) is 5.53. The molecule has 0 atom stereocenters. The van der Waals surface area contributed by atoms with Gasteiger partial charge < -0.3 is 5.32 Å². The lowest BCUT2D eigenvalue weighted by molar-refractivity contribution is 0.291. The Morgan fingerprint density at radius 3 is 2.56 bits per heavy atom. The molecule has 4 nitrogen and oxygen atoms in total. The maximum absolute atomic E-state index is 12.1. The second-order valence-corrected chi connectivity index (χ2v) is 7.55. The summed E-state index contributed by atoms with van der Waals surface area (Å²) in [5, 5.41) is 3.26. The minimum absolute atomic E-state index is 0.182. The fourth-order valence-electron chi connectivity index (χ4n) is 2.39. The molecule has 5 heteroatoms. The van der Waals surface area contributed by atoms with Gasteiger partial charge in [0, 0.05) is 24.7 Å². The topological polar surface area (TPSA) is 49.4 Å². The van der Waals surface area contributed by atoms with Crippen LogP contribution in [0.2, 0.25) is 0 Å².